The van der Waals surface area contributed by atoms with Crippen LogP contribution in [-0.2, 0) is 0 Å². The summed E-state index contributed by atoms with van der Waals surface area (Å²) in [6.07, 6.45) is 0. The number of aromatic amines is 1. The summed E-state index contributed by atoms with van der Waals surface area (Å²) in [5.74, 6) is 1.05. The van der Waals surface area contributed by atoms with Gasteiger partial charge in [0.1, 0.15) is 17.2 Å². The van der Waals surface area contributed by atoms with Crippen LogP contribution in [0.4, 0.5) is 5.69 Å². The van der Waals surface area contributed by atoms with E-state index in [1.807, 2.05) is 24.3 Å². The molecule has 0 aliphatic carbocycles. The smallest absolute Gasteiger partial charge is 0.276 e. The van der Waals surface area contributed by atoms with E-state index in [2.05, 4.69) is 10.2 Å². The van der Waals surface area contributed by atoms with Crippen molar-refractivity contribution in [1.29, 1.82) is 0 Å². The molecule has 1 amide bonds. The summed E-state index contributed by atoms with van der Waals surface area (Å²) in [6, 6.07) is 14.4. The van der Waals surface area contributed by atoms with Crippen LogP contribution >= 0.6 is 11.6 Å². The lowest BCUT2D eigenvalue weighted by Gasteiger charge is -2.17. The lowest BCUT2D eigenvalue weighted by Crippen LogP contribution is -2.26. The number of aromatic nitrogens is 2. The second-order valence-corrected chi connectivity index (χ2v) is 5.99. The maximum atomic E-state index is 12.7. The van der Waals surface area contributed by atoms with Crippen molar-refractivity contribution < 1.29 is 14.3 Å². The molecule has 0 saturated carbocycles. The number of ether oxygens (including phenoxy) is 2. The first-order valence-electron chi connectivity index (χ1n) is 7.85. The number of amides is 1. The van der Waals surface area contributed by atoms with Gasteiger partial charge in [0.25, 0.3) is 5.91 Å². The minimum Gasteiger partial charge on any atom is -0.497 e. The van der Waals surface area contributed by atoms with E-state index >= 15 is 0 Å². The molecule has 6 nitrogen and oxygen atoms in total. The molecular formula is C19H18ClN3O3. The van der Waals surface area contributed by atoms with E-state index in [4.69, 9.17) is 21.1 Å². The Bertz CT molecular complexity index is 939. The van der Waals surface area contributed by atoms with Crippen LogP contribution in [0.15, 0.2) is 48.5 Å². The fourth-order valence-corrected chi connectivity index (χ4v) is 2.78. The zero-order chi connectivity index (χ0) is 18.7. The second kappa shape index (κ2) is 7.49. The molecule has 0 radical (unpaired) electrons. The Kier molecular flexibility index (Phi) is 5.14. The number of rotatable bonds is 5. The molecule has 0 saturated heterocycles. The highest BCUT2D eigenvalue weighted by atomic mass is 35.5. The van der Waals surface area contributed by atoms with Crippen LogP contribution < -0.4 is 14.4 Å². The summed E-state index contributed by atoms with van der Waals surface area (Å²) in [4.78, 5) is 14.2. The number of hydrogen-bond acceptors (Lipinski definition) is 4. The topological polar surface area (TPSA) is 67.4 Å². The van der Waals surface area contributed by atoms with Crippen LogP contribution in [0.3, 0.4) is 0 Å². The molecule has 0 aliphatic rings. The first-order valence-corrected chi connectivity index (χ1v) is 8.22. The van der Waals surface area contributed by atoms with Crippen molar-refractivity contribution in [3.05, 3.63) is 59.2 Å². The van der Waals surface area contributed by atoms with E-state index in [1.165, 1.54) is 4.90 Å². The van der Waals surface area contributed by atoms with Gasteiger partial charge in [0.15, 0.2) is 0 Å². The highest BCUT2D eigenvalue weighted by molar-refractivity contribution is 6.32. The largest absolute Gasteiger partial charge is 0.497 e. The third-order valence-corrected chi connectivity index (χ3v) is 4.30. The average Bonchev–Trinajstić information content (AvgIpc) is 3.17. The van der Waals surface area contributed by atoms with Gasteiger partial charge in [0, 0.05) is 18.3 Å². The summed E-state index contributed by atoms with van der Waals surface area (Å²) < 4.78 is 10.4. The third kappa shape index (κ3) is 3.50. The van der Waals surface area contributed by atoms with Gasteiger partial charge in [-0.3, -0.25) is 9.89 Å². The summed E-state index contributed by atoms with van der Waals surface area (Å²) >= 11 is 6.14. The number of methoxy groups -OCH3 is 2. The summed E-state index contributed by atoms with van der Waals surface area (Å²) in [5, 5.41) is 7.46. The van der Waals surface area contributed by atoms with Gasteiger partial charge in [0.2, 0.25) is 0 Å². The van der Waals surface area contributed by atoms with Crippen LogP contribution in [-0.4, -0.2) is 37.4 Å². The van der Waals surface area contributed by atoms with Gasteiger partial charge in [-0.15, -0.1) is 0 Å². The van der Waals surface area contributed by atoms with Crippen LogP contribution in [0, 0.1) is 0 Å². The van der Waals surface area contributed by atoms with Crippen molar-refractivity contribution in [2.24, 2.45) is 0 Å². The number of nitrogens with zero attached hydrogens (tertiary/aromatic N) is 2. The number of nitrogens with one attached hydrogen (secondary N) is 1. The van der Waals surface area contributed by atoms with E-state index < -0.39 is 0 Å². The average molecular weight is 372 g/mol. The van der Waals surface area contributed by atoms with Gasteiger partial charge in [-0.05, 0) is 36.4 Å². The number of H-pyrrole nitrogens is 1. The molecule has 0 aliphatic heterocycles. The van der Waals surface area contributed by atoms with E-state index in [0.29, 0.717) is 27.8 Å². The maximum Gasteiger partial charge on any atom is 0.276 e. The first kappa shape index (κ1) is 17.8. The third-order valence-electron chi connectivity index (χ3n) is 4.00. The highest BCUT2D eigenvalue weighted by Gasteiger charge is 2.18. The zero-order valence-electron chi connectivity index (χ0n) is 14.6. The second-order valence-electron chi connectivity index (χ2n) is 5.58. The van der Waals surface area contributed by atoms with Gasteiger partial charge in [-0.2, -0.15) is 5.10 Å². The van der Waals surface area contributed by atoms with Crippen molar-refractivity contribution in [1.82, 2.24) is 10.2 Å². The van der Waals surface area contributed by atoms with Crippen molar-refractivity contribution in [2.45, 2.75) is 0 Å². The number of anilines is 1. The molecule has 134 valence electrons. The SMILES string of the molecule is COc1cccc(-c2cc(C(=O)N(C)c3ccc(OC)c(Cl)c3)[nH]n2)c1. The van der Waals surface area contributed by atoms with Gasteiger partial charge in [0.05, 0.1) is 24.9 Å². The van der Waals surface area contributed by atoms with Crippen LogP contribution in [0.5, 0.6) is 11.5 Å². The molecule has 26 heavy (non-hydrogen) atoms. The number of hydrogen-bond donors (Lipinski definition) is 1. The molecule has 1 N–H and O–H groups in total. The zero-order valence-corrected chi connectivity index (χ0v) is 15.4. The number of carbonyl (C=O) groups is 1. The van der Waals surface area contributed by atoms with Gasteiger partial charge >= 0.3 is 0 Å². The summed E-state index contributed by atoms with van der Waals surface area (Å²) in [6.45, 7) is 0. The predicted octanol–water partition coefficient (Wildman–Crippen LogP) is 4.02. The standard InChI is InChI=1S/C19H18ClN3O3/c1-23(13-7-8-18(26-3)15(20)10-13)19(24)17-11-16(21-22-17)12-5-4-6-14(9-12)25-2/h4-11H,1-3H3,(H,21,22). The fraction of sp³-hybridized carbons (Fsp3) is 0.158. The van der Waals surface area contributed by atoms with E-state index in [-0.39, 0.29) is 5.91 Å². The quantitative estimate of drug-likeness (QED) is 0.735. The molecule has 1 heterocycles. The molecule has 3 rings (SSSR count). The fourth-order valence-electron chi connectivity index (χ4n) is 2.52. The Hall–Kier alpha value is -2.99. The number of halogens is 1. The summed E-state index contributed by atoms with van der Waals surface area (Å²) in [5.41, 5.74) is 2.54. The van der Waals surface area contributed by atoms with Crippen molar-refractivity contribution >= 4 is 23.2 Å². The maximum absolute atomic E-state index is 12.7. The normalized spacial score (nSPS) is 10.5. The Morgan fingerprint density at radius 3 is 2.62 bits per heavy atom. The molecule has 0 bridgehead atoms. The van der Waals surface area contributed by atoms with E-state index in [9.17, 15) is 4.79 Å². The van der Waals surface area contributed by atoms with Crippen LogP contribution in [0.25, 0.3) is 11.3 Å². The van der Waals surface area contributed by atoms with E-state index in [0.717, 1.165) is 11.3 Å². The molecular weight excluding hydrogens is 354 g/mol. The van der Waals surface area contributed by atoms with Gasteiger partial charge < -0.3 is 14.4 Å². The van der Waals surface area contributed by atoms with Crippen LogP contribution in [0.2, 0.25) is 5.02 Å². The Balaban J connectivity index is 1.84. The molecule has 1 aromatic heterocycles. The number of carbonyl (C=O) groups excluding carboxylic acids is 1. The molecule has 7 heteroatoms. The van der Waals surface area contributed by atoms with Gasteiger partial charge in [-0.25, -0.2) is 0 Å². The molecule has 0 atom stereocenters. The monoisotopic (exact) mass is 371 g/mol. The summed E-state index contributed by atoms with van der Waals surface area (Å²) in [7, 11) is 4.82. The Morgan fingerprint density at radius 1 is 1.12 bits per heavy atom. The van der Waals surface area contributed by atoms with Crippen molar-refractivity contribution in [3.8, 4) is 22.8 Å². The lowest BCUT2D eigenvalue weighted by atomic mass is 10.1. The van der Waals surface area contributed by atoms with Crippen LogP contribution in [0.1, 0.15) is 10.5 Å². The predicted molar refractivity (Wildman–Crippen MR) is 101 cm³/mol. The lowest BCUT2D eigenvalue weighted by molar-refractivity contribution is 0.0988. The van der Waals surface area contributed by atoms with Crippen molar-refractivity contribution in [2.75, 3.05) is 26.2 Å². The molecule has 0 fully saturated rings. The number of benzene rings is 2. The molecule has 3 aromatic rings. The Morgan fingerprint density at radius 2 is 1.92 bits per heavy atom. The molecule has 2 aromatic carbocycles. The molecule has 0 unspecified atom stereocenters. The minimum atomic E-state index is -0.229. The highest BCUT2D eigenvalue weighted by Crippen LogP contribution is 2.29. The van der Waals surface area contributed by atoms with Crippen molar-refractivity contribution in [3.63, 3.8) is 0 Å². The van der Waals surface area contributed by atoms with Gasteiger partial charge in [-0.1, -0.05) is 23.7 Å². The first-order chi connectivity index (χ1) is 12.5. The molecule has 0 spiro atoms. The Labute approximate surface area is 156 Å². The van der Waals surface area contributed by atoms with E-state index in [1.54, 1.807) is 45.5 Å². The minimum absolute atomic E-state index is 0.229.